The lowest BCUT2D eigenvalue weighted by Crippen LogP contribution is -2.47. The molecule has 1 aromatic heterocycles. The summed E-state index contributed by atoms with van der Waals surface area (Å²) >= 11 is 0. The fourth-order valence-electron chi connectivity index (χ4n) is 2.20. The lowest BCUT2D eigenvalue weighted by molar-refractivity contribution is 0.476. The summed E-state index contributed by atoms with van der Waals surface area (Å²) in [6.45, 7) is 4.07. The molecule has 0 saturated carbocycles. The van der Waals surface area contributed by atoms with Crippen LogP contribution in [0.25, 0.3) is 10.9 Å². The minimum absolute atomic E-state index is 0.438. The summed E-state index contributed by atoms with van der Waals surface area (Å²) in [4.78, 5) is 4.27. The molecule has 6 nitrogen and oxygen atoms in total. The number of nitrogens with one attached hydrogen (secondary N) is 2. The number of hydrogen-bond acceptors (Lipinski definition) is 5. The Bertz CT molecular complexity index is 757. The zero-order valence-corrected chi connectivity index (χ0v) is 13.2. The number of hydrogen-bond donors (Lipinski definition) is 3. The van der Waals surface area contributed by atoms with Gasteiger partial charge in [-0.25, -0.2) is 13.1 Å². The van der Waals surface area contributed by atoms with Gasteiger partial charge in [-0.3, -0.25) is 4.98 Å². The maximum Gasteiger partial charge on any atom is 0.209 e. The zero-order valence-electron chi connectivity index (χ0n) is 12.3. The molecule has 0 atom stereocenters. The molecule has 4 N–H and O–H groups in total. The molecular weight excluding hydrogens is 288 g/mol. The fourth-order valence-corrected chi connectivity index (χ4v) is 3.28. The molecule has 0 unspecified atom stereocenters. The number of benzene rings is 1. The van der Waals surface area contributed by atoms with Crippen molar-refractivity contribution in [2.45, 2.75) is 19.4 Å². The average molecular weight is 308 g/mol. The summed E-state index contributed by atoms with van der Waals surface area (Å²) in [5.74, 6) is 0. The monoisotopic (exact) mass is 308 g/mol. The van der Waals surface area contributed by atoms with Crippen molar-refractivity contribution < 1.29 is 8.42 Å². The number of pyridine rings is 1. The number of fused-ring (bicyclic) bond motifs is 1. The number of rotatable bonds is 5. The Morgan fingerprint density at radius 3 is 2.67 bits per heavy atom. The molecule has 0 fully saturated rings. The second-order valence-corrected chi connectivity index (χ2v) is 7.46. The molecule has 0 aliphatic rings. The average Bonchev–Trinajstić information content (AvgIpc) is 2.35. The highest BCUT2D eigenvalue weighted by molar-refractivity contribution is 7.88. The highest BCUT2D eigenvalue weighted by Gasteiger charge is 2.22. The summed E-state index contributed by atoms with van der Waals surface area (Å²) in [7, 11) is -3.26. The van der Waals surface area contributed by atoms with Crippen LogP contribution < -0.4 is 15.8 Å². The molecular formula is C14H20N4O2S. The molecule has 0 bridgehead atoms. The molecule has 2 aromatic rings. The second kappa shape index (κ2) is 5.50. The van der Waals surface area contributed by atoms with E-state index in [1.165, 1.54) is 0 Å². The maximum atomic E-state index is 11.3. The Labute approximate surface area is 124 Å². The Kier molecular flexibility index (Phi) is 4.06. The molecule has 0 radical (unpaired) electrons. The molecule has 0 aliphatic heterocycles. The van der Waals surface area contributed by atoms with Crippen LogP contribution in [0.2, 0.25) is 0 Å². The highest BCUT2D eigenvalue weighted by Crippen LogP contribution is 2.26. The van der Waals surface area contributed by atoms with Crippen molar-refractivity contribution in [2.75, 3.05) is 23.9 Å². The molecule has 0 amide bonds. The van der Waals surface area contributed by atoms with Crippen molar-refractivity contribution >= 4 is 32.3 Å². The van der Waals surface area contributed by atoms with Gasteiger partial charge in [0.1, 0.15) is 0 Å². The molecule has 0 aliphatic carbocycles. The van der Waals surface area contributed by atoms with E-state index >= 15 is 0 Å². The second-order valence-electron chi connectivity index (χ2n) is 5.71. The predicted octanol–water partition coefficient (Wildman–Crippen LogP) is 1.56. The Hall–Kier alpha value is -1.86. The van der Waals surface area contributed by atoms with Gasteiger partial charge in [0, 0.05) is 29.4 Å². The third-order valence-corrected chi connectivity index (χ3v) is 3.91. The SMILES string of the molecule is CC(C)(CNc1ccc(N)c2ncccc12)NS(C)(=O)=O. The molecule has 0 spiro atoms. The molecule has 0 saturated heterocycles. The zero-order chi connectivity index (χ0) is 15.7. The van der Waals surface area contributed by atoms with Crippen molar-refractivity contribution in [1.82, 2.24) is 9.71 Å². The van der Waals surface area contributed by atoms with Gasteiger partial charge in [-0.2, -0.15) is 0 Å². The first kappa shape index (κ1) is 15.5. The predicted molar refractivity (Wildman–Crippen MR) is 86.7 cm³/mol. The van der Waals surface area contributed by atoms with E-state index in [1.807, 2.05) is 32.0 Å². The van der Waals surface area contributed by atoms with Gasteiger partial charge in [-0.05, 0) is 38.1 Å². The molecule has 7 heteroatoms. The third kappa shape index (κ3) is 4.05. The standard InChI is InChI=1S/C14H20N4O2S/c1-14(2,18-21(3,19)20)9-17-12-7-6-11(15)13-10(12)5-4-8-16-13/h4-8,17-18H,9,15H2,1-3H3. The molecule has 2 rings (SSSR count). The topological polar surface area (TPSA) is 97.1 Å². The molecule has 1 heterocycles. The van der Waals surface area contributed by atoms with E-state index in [4.69, 9.17) is 5.73 Å². The third-order valence-electron chi connectivity index (χ3n) is 2.98. The first-order valence-corrected chi connectivity index (χ1v) is 8.43. The number of aromatic nitrogens is 1. The summed E-state index contributed by atoms with van der Waals surface area (Å²) in [6.07, 6.45) is 2.84. The molecule has 21 heavy (non-hydrogen) atoms. The smallest absolute Gasteiger partial charge is 0.209 e. The van der Waals surface area contributed by atoms with Crippen molar-refractivity contribution in [2.24, 2.45) is 0 Å². The van der Waals surface area contributed by atoms with E-state index < -0.39 is 15.6 Å². The minimum atomic E-state index is -3.26. The Morgan fingerprint density at radius 1 is 1.29 bits per heavy atom. The van der Waals surface area contributed by atoms with Gasteiger partial charge in [0.15, 0.2) is 0 Å². The Balaban J connectivity index is 2.23. The van der Waals surface area contributed by atoms with Crippen LogP contribution in [0.15, 0.2) is 30.5 Å². The van der Waals surface area contributed by atoms with Crippen molar-refractivity contribution in [3.8, 4) is 0 Å². The number of nitrogen functional groups attached to an aromatic ring is 1. The van der Waals surface area contributed by atoms with E-state index in [2.05, 4.69) is 15.0 Å². The van der Waals surface area contributed by atoms with Gasteiger partial charge < -0.3 is 11.1 Å². The number of nitrogens with zero attached hydrogens (tertiary/aromatic N) is 1. The highest BCUT2D eigenvalue weighted by atomic mass is 32.2. The van der Waals surface area contributed by atoms with Gasteiger partial charge in [0.25, 0.3) is 0 Å². The normalized spacial score (nSPS) is 12.5. The lowest BCUT2D eigenvalue weighted by Gasteiger charge is -2.26. The van der Waals surface area contributed by atoms with Crippen molar-refractivity contribution in [3.05, 3.63) is 30.5 Å². The van der Waals surface area contributed by atoms with Crippen LogP contribution in [0, 0.1) is 0 Å². The largest absolute Gasteiger partial charge is 0.397 e. The summed E-state index contributed by atoms with van der Waals surface area (Å²) < 4.78 is 25.3. The fraction of sp³-hybridized carbons (Fsp3) is 0.357. The van der Waals surface area contributed by atoms with E-state index in [0.29, 0.717) is 12.2 Å². The van der Waals surface area contributed by atoms with E-state index in [-0.39, 0.29) is 0 Å². The van der Waals surface area contributed by atoms with Crippen LogP contribution in [-0.4, -0.2) is 31.7 Å². The van der Waals surface area contributed by atoms with Crippen molar-refractivity contribution in [3.63, 3.8) is 0 Å². The number of nitrogens with two attached hydrogens (primary N) is 1. The number of sulfonamides is 1. The van der Waals surface area contributed by atoms with E-state index in [1.54, 1.807) is 12.3 Å². The van der Waals surface area contributed by atoms with Crippen LogP contribution in [-0.2, 0) is 10.0 Å². The Morgan fingerprint density at radius 2 is 2.00 bits per heavy atom. The van der Waals surface area contributed by atoms with Gasteiger partial charge in [-0.1, -0.05) is 0 Å². The summed E-state index contributed by atoms with van der Waals surface area (Å²) in [5.41, 5.74) is 7.52. The lowest BCUT2D eigenvalue weighted by atomic mass is 10.1. The minimum Gasteiger partial charge on any atom is -0.397 e. The van der Waals surface area contributed by atoms with Gasteiger partial charge >= 0.3 is 0 Å². The number of anilines is 2. The quantitative estimate of drug-likeness (QED) is 0.728. The summed E-state index contributed by atoms with van der Waals surface area (Å²) in [6, 6.07) is 7.43. The van der Waals surface area contributed by atoms with Crippen LogP contribution in [0.3, 0.4) is 0 Å². The van der Waals surface area contributed by atoms with E-state index in [0.717, 1.165) is 22.8 Å². The maximum absolute atomic E-state index is 11.3. The molecule has 114 valence electrons. The first-order chi connectivity index (χ1) is 9.68. The van der Waals surface area contributed by atoms with E-state index in [9.17, 15) is 8.42 Å². The van der Waals surface area contributed by atoms with Crippen LogP contribution in [0.1, 0.15) is 13.8 Å². The van der Waals surface area contributed by atoms with Gasteiger partial charge in [-0.15, -0.1) is 0 Å². The summed E-state index contributed by atoms with van der Waals surface area (Å²) in [5, 5.41) is 4.17. The van der Waals surface area contributed by atoms with Crippen LogP contribution in [0.5, 0.6) is 0 Å². The van der Waals surface area contributed by atoms with Gasteiger partial charge in [0.05, 0.1) is 17.5 Å². The van der Waals surface area contributed by atoms with Crippen molar-refractivity contribution in [1.29, 1.82) is 0 Å². The van der Waals surface area contributed by atoms with Crippen LogP contribution >= 0.6 is 0 Å². The van der Waals surface area contributed by atoms with Crippen LogP contribution in [0.4, 0.5) is 11.4 Å². The first-order valence-electron chi connectivity index (χ1n) is 6.54. The molecule has 1 aromatic carbocycles. The van der Waals surface area contributed by atoms with Gasteiger partial charge in [0.2, 0.25) is 10.0 Å².